The first-order valence-corrected chi connectivity index (χ1v) is 24.9. The van der Waals surface area contributed by atoms with Gasteiger partial charge in [0, 0.05) is 85.4 Å². The lowest BCUT2D eigenvalue weighted by Gasteiger charge is -2.39. The number of benzene rings is 3. The first kappa shape index (κ1) is 44.0. The summed E-state index contributed by atoms with van der Waals surface area (Å²) in [6.07, 6.45) is 12.7. The number of carbonyl (C=O) groups is 1. The summed E-state index contributed by atoms with van der Waals surface area (Å²) in [4.78, 5) is 39.5. The number of nitro groups is 1. The molecule has 3 aromatic heterocycles. The highest BCUT2D eigenvalue weighted by molar-refractivity contribution is 7.90. The molecule has 0 spiro atoms. The van der Waals surface area contributed by atoms with Crippen molar-refractivity contribution in [1.82, 2.24) is 34.7 Å². The summed E-state index contributed by atoms with van der Waals surface area (Å²) >= 11 is 6.27. The Morgan fingerprint density at radius 2 is 1.65 bits per heavy atom. The van der Waals surface area contributed by atoms with E-state index in [9.17, 15) is 23.3 Å². The van der Waals surface area contributed by atoms with Gasteiger partial charge in [-0.3, -0.25) is 29.6 Å². The molecule has 15 nitrogen and oxygen atoms in total. The monoisotopic (exact) mass is 930 g/mol. The molecule has 0 atom stereocenters. The van der Waals surface area contributed by atoms with Crippen LogP contribution in [0.3, 0.4) is 0 Å². The summed E-state index contributed by atoms with van der Waals surface area (Å²) in [5.74, 6) is -0.887. The van der Waals surface area contributed by atoms with Crippen LogP contribution in [0.25, 0.3) is 33.3 Å². The first-order chi connectivity index (χ1) is 31.7. The zero-order valence-corrected chi connectivity index (χ0v) is 38.8. The Kier molecular flexibility index (Phi) is 11.9. The van der Waals surface area contributed by atoms with Gasteiger partial charge in [-0.2, -0.15) is 0 Å². The lowest BCUT2D eigenvalue weighted by Crippen LogP contribution is -2.47. The number of hydrogen-bond donors (Lipinski definition) is 4. The van der Waals surface area contributed by atoms with Gasteiger partial charge in [0.2, 0.25) is 0 Å². The van der Waals surface area contributed by atoms with Gasteiger partial charge in [-0.15, -0.1) is 0 Å². The maximum Gasteiger partial charge on any atom is 0.293 e. The van der Waals surface area contributed by atoms with E-state index < -0.39 is 20.9 Å². The molecule has 4 heterocycles. The molecule has 1 aliphatic heterocycles. The van der Waals surface area contributed by atoms with Crippen LogP contribution in [0.15, 0.2) is 95.7 Å². The zero-order valence-electron chi connectivity index (χ0n) is 37.2. The highest BCUT2D eigenvalue weighted by Crippen LogP contribution is 2.43. The van der Waals surface area contributed by atoms with Crippen LogP contribution < -0.4 is 20.3 Å². The fourth-order valence-corrected chi connectivity index (χ4v) is 11.1. The van der Waals surface area contributed by atoms with Gasteiger partial charge in [0.05, 0.1) is 26.6 Å². The number of rotatable bonds is 13. The minimum atomic E-state index is -4.56. The number of aromatic amines is 1. The molecule has 2 saturated carbocycles. The van der Waals surface area contributed by atoms with Crippen molar-refractivity contribution in [3.8, 4) is 5.69 Å². The fourth-order valence-electron chi connectivity index (χ4n) is 10.0. The molecule has 4 aliphatic rings. The highest BCUT2D eigenvalue weighted by atomic mass is 35.5. The molecule has 344 valence electrons. The van der Waals surface area contributed by atoms with E-state index in [1.165, 1.54) is 41.7 Å². The second-order valence-corrected chi connectivity index (χ2v) is 21.4. The van der Waals surface area contributed by atoms with Crippen LogP contribution in [0.2, 0.25) is 5.02 Å². The van der Waals surface area contributed by atoms with E-state index in [0.29, 0.717) is 34.5 Å². The number of carbonyl (C=O) groups excluding carboxylic acids is 1. The first-order valence-electron chi connectivity index (χ1n) is 23.0. The molecule has 6 aromatic rings. The third kappa shape index (κ3) is 9.41. The minimum Gasteiger partial charge on any atom is -0.377 e. The van der Waals surface area contributed by atoms with Crippen molar-refractivity contribution in [2.75, 3.05) is 42.9 Å². The third-order valence-electron chi connectivity index (χ3n) is 13.9. The number of pyridine rings is 1. The highest BCUT2D eigenvalue weighted by Gasteiger charge is 2.32. The summed E-state index contributed by atoms with van der Waals surface area (Å²) in [5, 5.41) is 24.1. The van der Waals surface area contributed by atoms with Crippen molar-refractivity contribution in [3.63, 3.8) is 0 Å². The van der Waals surface area contributed by atoms with Crippen molar-refractivity contribution >= 4 is 72.2 Å². The molecular weight excluding hydrogens is 876 g/mol. The number of aromatic nitrogens is 4. The Morgan fingerprint density at radius 1 is 0.924 bits per heavy atom. The number of amides is 1. The molecule has 4 N–H and O–H groups in total. The zero-order chi connectivity index (χ0) is 45.7. The van der Waals surface area contributed by atoms with E-state index in [1.54, 1.807) is 23.1 Å². The molecule has 1 amide bonds. The molecule has 0 radical (unpaired) electrons. The standard InChI is InChI=1S/C49H55ClN10O5S/c1-49(2)19-17-33(41(28-49)31-3-5-34(50)6-4-31)30-57-21-23-58(24-22-57)38-13-15-40(44(26-38)59-45-25-32-18-20-51-47(32)55-43(45)29-52-59)48(61)56-66(64,65)39-14-16-42(46(27-39)60(62)63)54-37-11-9-36(10-12-37)53-35-7-8-35/h3-6,13-16,18,20,25-27,29,35-37,52-54H,7-12,17,19,21-24,28,30H2,1-2H3,(H,56,61). The molecule has 0 bridgehead atoms. The van der Waals surface area contributed by atoms with Gasteiger partial charge in [-0.05, 0) is 129 Å². The van der Waals surface area contributed by atoms with Gasteiger partial charge < -0.3 is 15.5 Å². The second kappa shape index (κ2) is 17.8. The fraction of sp³-hybridized carbons (Fsp3) is 0.408. The predicted molar refractivity (Wildman–Crippen MR) is 259 cm³/mol. The molecule has 66 heavy (non-hydrogen) atoms. The molecule has 3 aliphatic carbocycles. The van der Waals surface area contributed by atoms with Gasteiger partial charge in [0.25, 0.3) is 21.6 Å². The lowest BCUT2D eigenvalue weighted by molar-refractivity contribution is -0.384. The maximum absolute atomic E-state index is 14.3. The number of anilines is 2. The number of halogens is 1. The number of fused-ring (bicyclic) bond motifs is 2. The topological polar surface area (TPSA) is 183 Å². The lowest BCUT2D eigenvalue weighted by atomic mass is 9.72. The number of nitrogens with zero attached hydrogens (tertiary/aromatic N) is 6. The van der Waals surface area contributed by atoms with Gasteiger partial charge >= 0.3 is 0 Å². The predicted octanol–water partition coefficient (Wildman–Crippen LogP) is 8.84. The average molecular weight is 932 g/mol. The van der Waals surface area contributed by atoms with E-state index in [2.05, 4.69) is 61.2 Å². The van der Waals surface area contributed by atoms with E-state index in [4.69, 9.17) is 16.6 Å². The SMILES string of the molecule is CC1(C)CCC(CN2CCN(c3ccc(C(=O)NS(=O)(=O)c4ccc(NC5CCC(NC6CC6)CC5)c([N+](=O)[O-])c4)c(-n4[nH]cc5nc6nccc6cc54)c3)CC2)=C(c2ccc(Cl)cc2)C1. The number of allylic oxidation sites excluding steroid dienone is 1. The van der Waals surface area contributed by atoms with Crippen LogP contribution in [0.4, 0.5) is 17.1 Å². The molecule has 3 fully saturated rings. The van der Waals surface area contributed by atoms with Crippen molar-refractivity contribution in [1.29, 1.82) is 0 Å². The Hall–Kier alpha value is -5.81. The van der Waals surface area contributed by atoms with Crippen LogP contribution >= 0.6 is 11.6 Å². The van der Waals surface area contributed by atoms with Crippen molar-refractivity contribution in [2.45, 2.75) is 94.7 Å². The second-order valence-electron chi connectivity index (χ2n) is 19.3. The van der Waals surface area contributed by atoms with E-state index in [0.717, 1.165) is 99.8 Å². The number of sulfonamides is 1. The van der Waals surface area contributed by atoms with Gasteiger partial charge in [0.15, 0.2) is 5.65 Å². The van der Waals surface area contributed by atoms with Crippen LogP contribution in [-0.2, 0) is 10.0 Å². The Balaban J connectivity index is 0.893. The Morgan fingerprint density at radius 3 is 2.38 bits per heavy atom. The maximum atomic E-state index is 14.3. The number of nitrogens with one attached hydrogen (secondary N) is 4. The Bertz CT molecular complexity index is 2960. The number of hydrogen-bond acceptors (Lipinski definition) is 11. The van der Waals surface area contributed by atoms with Gasteiger partial charge in [-0.25, -0.2) is 23.1 Å². The summed E-state index contributed by atoms with van der Waals surface area (Å²) < 4.78 is 31.8. The van der Waals surface area contributed by atoms with Crippen LogP contribution in [0.1, 0.15) is 87.6 Å². The number of H-pyrrole nitrogens is 1. The Labute approximate surface area is 389 Å². The van der Waals surface area contributed by atoms with Crippen molar-refractivity contribution in [2.24, 2.45) is 5.41 Å². The number of nitro benzene ring substituents is 1. The summed E-state index contributed by atoms with van der Waals surface area (Å²) in [6, 6.07) is 22.2. The minimum absolute atomic E-state index is 0.0256. The van der Waals surface area contributed by atoms with E-state index in [1.807, 2.05) is 36.4 Å². The summed E-state index contributed by atoms with van der Waals surface area (Å²) in [7, 11) is -4.56. The number of piperazine rings is 1. The van der Waals surface area contributed by atoms with Crippen molar-refractivity contribution < 1.29 is 18.1 Å². The quantitative estimate of drug-likeness (QED) is 0.0641. The van der Waals surface area contributed by atoms with Crippen molar-refractivity contribution in [3.05, 3.63) is 117 Å². The third-order valence-corrected chi connectivity index (χ3v) is 15.5. The summed E-state index contributed by atoms with van der Waals surface area (Å²) in [6.45, 7) is 8.73. The largest absolute Gasteiger partial charge is 0.377 e. The molecule has 1 saturated heterocycles. The van der Waals surface area contributed by atoms with Crippen LogP contribution in [-0.4, -0.2) is 94.7 Å². The molecule has 17 heteroatoms. The smallest absolute Gasteiger partial charge is 0.293 e. The van der Waals surface area contributed by atoms with E-state index >= 15 is 0 Å². The van der Waals surface area contributed by atoms with E-state index in [-0.39, 0.29) is 33.3 Å². The van der Waals surface area contributed by atoms with Crippen LogP contribution in [0, 0.1) is 15.5 Å². The van der Waals surface area contributed by atoms with Gasteiger partial charge in [0.1, 0.15) is 11.2 Å². The van der Waals surface area contributed by atoms with Crippen LogP contribution in [0.5, 0.6) is 0 Å². The molecule has 10 rings (SSSR count). The summed E-state index contributed by atoms with van der Waals surface area (Å²) in [5.41, 5.74) is 7.46. The normalized spacial score (nSPS) is 20.5. The van der Waals surface area contributed by atoms with Gasteiger partial charge in [-0.1, -0.05) is 43.2 Å². The molecule has 0 unspecified atom stereocenters. The molecular formula is C49H55ClN10O5S. The molecule has 3 aromatic carbocycles. The average Bonchev–Trinajstić information content (AvgIpc) is 3.84.